The number of hydrogen-bond acceptors (Lipinski definition) is 3. The molecule has 1 heterocycles. The molecule has 1 aromatic rings. The molecule has 1 aliphatic rings. The molecular formula is C23H31N3O2. The van der Waals surface area contributed by atoms with Crippen molar-refractivity contribution >= 4 is 5.97 Å². The molecule has 1 aliphatic carbocycles. The lowest BCUT2D eigenvalue weighted by Gasteiger charge is -2.37. The smallest absolute Gasteiger partial charge is 0.328 e. The molecule has 5 heteroatoms. The van der Waals surface area contributed by atoms with E-state index in [9.17, 15) is 4.79 Å². The number of aliphatic carboxylic acids is 1. The van der Waals surface area contributed by atoms with Gasteiger partial charge in [0.2, 0.25) is 0 Å². The van der Waals surface area contributed by atoms with Crippen molar-refractivity contribution in [3.8, 4) is 0 Å². The minimum Gasteiger partial charge on any atom is -0.478 e. The van der Waals surface area contributed by atoms with Crippen molar-refractivity contribution in [1.29, 1.82) is 0 Å². The van der Waals surface area contributed by atoms with Crippen LogP contribution in [0.4, 0.5) is 0 Å². The summed E-state index contributed by atoms with van der Waals surface area (Å²) in [6.45, 7) is 11.6. The molecule has 0 fully saturated rings. The first-order valence-electron chi connectivity index (χ1n) is 9.67. The third-order valence-electron chi connectivity index (χ3n) is 5.36. The molecule has 2 rings (SSSR count). The Morgan fingerprint density at radius 1 is 1.25 bits per heavy atom. The Balaban J connectivity index is 2.16. The molecule has 0 amide bonds. The molecule has 0 aromatic carbocycles. The van der Waals surface area contributed by atoms with Gasteiger partial charge >= 0.3 is 5.97 Å². The fourth-order valence-electron chi connectivity index (χ4n) is 3.66. The SMILES string of the molecule is CC1=C(/C=C/C(C)=C\C=C\C(C)=C/C(=O)O)C(C)(C)CCC1Cn1cnnc1. The summed E-state index contributed by atoms with van der Waals surface area (Å²) in [4.78, 5) is 10.7. The van der Waals surface area contributed by atoms with E-state index in [0.29, 0.717) is 11.5 Å². The maximum absolute atomic E-state index is 10.7. The third-order valence-corrected chi connectivity index (χ3v) is 5.36. The number of hydrogen-bond donors (Lipinski definition) is 1. The maximum atomic E-state index is 10.7. The minimum atomic E-state index is -0.925. The number of aromatic nitrogens is 3. The van der Waals surface area contributed by atoms with Crippen molar-refractivity contribution in [2.75, 3.05) is 0 Å². The van der Waals surface area contributed by atoms with Crippen LogP contribution in [0.1, 0.15) is 47.5 Å². The molecule has 5 nitrogen and oxygen atoms in total. The Bertz CT molecular complexity index is 837. The molecule has 0 aliphatic heterocycles. The Hall–Kier alpha value is -2.69. The molecule has 0 saturated heterocycles. The second kappa shape index (κ2) is 9.49. The minimum absolute atomic E-state index is 0.154. The topological polar surface area (TPSA) is 68.0 Å². The van der Waals surface area contributed by atoms with Gasteiger partial charge in [-0.05, 0) is 56.1 Å². The Morgan fingerprint density at radius 2 is 1.93 bits per heavy atom. The number of nitrogens with zero attached hydrogens (tertiary/aromatic N) is 3. The van der Waals surface area contributed by atoms with Gasteiger partial charge < -0.3 is 9.67 Å². The highest BCUT2D eigenvalue weighted by atomic mass is 16.4. The quantitative estimate of drug-likeness (QED) is 0.526. The normalized spacial score (nSPS) is 21.1. The second-order valence-corrected chi connectivity index (χ2v) is 8.20. The van der Waals surface area contributed by atoms with E-state index in [2.05, 4.69) is 54.6 Å². The molecule has 1 aromatic heterocycles. The summed E-state index contributed by atoms with van der Waals surface area (Å²) in [5.74, 6) is -0.428. The lowest BCUT2D eigenvalue weighted by atomic mass is 9.68. The summed E-state index contributed by atoms with van der Waals surface area (Å²) in [5, 5.41) is 16.6. The van der Waals surface area contributed by atoms with Crippen LogP contribution >= 0.6 is 0 Å². The van der Waals surface area contributed by atoms with Crippen molar-refractivity contribution in [2.24, 2.45) is 11.3 Å². The summed E-state index contributed by atoms with van der Waals surface area (Å²) in [6.07, 6.45) is 17.1. The van der Waals surface area contributed by atoms with Crippen LogP contribution in [-0.4, -0.2) is 25.8 Å². The fourth-order valence-corrected chi connectivity index (χ4v) is 3.66. The van der Waals surface area contributed by atoms with E-state index in [1.807, 2.05) is 12.2 Å². The third kappa shape index (κ3) is 6.19. The monoisotopic (exact) mass is 381 g/mol. The molecule has 0 saturated carbocycles. The van der Waals surface area contributed by atoms with Gasteiger partial charge in [-0.2, -0.15) is 0 Å². The van der Waals surface area contributed by atoms with Crippen LogP contribution in [0.15, 0.2) is 71.4 Å². The molecule has 28 heavy (non-hydrogen) atoms. The average molecular weight is 382 g/mol. The molecule has 0 spiro atoms. The van der Waals surface area contributed by atoms with E-state index in [1.54, 1.807) is 25.7 Å². The standard InChI is InChI=1S/C23H31N3O2/c1-17(7-6-8-18(2)13-22(27)28)9-10-21-19(3)20(11-12-23(21,4)5)14-26-15-24-25-16-26/h6-10,13,15-16,20H,11-12,14H2,1-5H3,(H,27,28)/b8-6+,10-9+,17-7-,18-13-. The largest absolute Gasteiger partial charge is 0.478 e. The lowest BCUT2D eigenvalue weighted by Crippen LogP contribution is -2.26. The predicted molar refractivity (Wildman–Crippen MR) is 113 cm³/mol. The van der Waals surface area contributed by atoms with E-state index in [4.69, 9.17) is 5.11 Å². The van der Waals surface area contributed by atoms with Crippen LogP contribution in [0.25, 0.3) is 0 Å². The van der Waals surface area contributed by atoms with E-state index in [1.165, 1.54) is 23.6 Å². The van der Waals surface area contributed by atoms with E-state index >= 15 is 0 Å². The lowest BCUT2D eigenvalue weighted by molar-refractivity contribution is -0.131. The summed E-state index contributed by atoms with van der Waals surface area (Å²) in [5.41, 5.74) is 4.82. The fraction of sp³-hybridized carbons (Fsp3) is 0.435. The molecular weight excluding hydrogens is 350 g/mol. The van der Waals surface area contributed by atoms with Gasteiger partial charge in [0.25, 0.3) is 0 Å². The van der Waals surface area contributed by atoms with Crippen molar-refractivity contribution in [1.82, 2.24) is 14.8 Å². The average Bonchev–Trinajstić information content (AvgIpc) is 3.09. The maximum Gasteiger partial charge on any atom is 0.328 e. The van der Waals surface area contributed by atoms with Crippen molar-refractivity contribution in [3.63, 3.8) is 0 Å². The highest BCUT2D eigenvalue weighted by Crippen LogP contribution is 2.44. The van der Waals surface area contributed by atoms with Gasteiger partial charge in [-0.15, -0.1) is 10.2 Å². The predicted octanol–water partition coefficient (Wildman–Crippen LogP) is 5.12. The van der Waals surface area contributed by atoms with Crippen LogP contribution in [0.5, 0.6) is 0 Å². The van der Waals surface area contributed by atoms with Crippen LogP contribution in [0, 0.1) is 11.3 Å². The first-order chi connectivity index (χ1) is 13.2. The highest BCUT2D eigenvalue weighted by molar-refractivity contribution is 5.81. The number of carboxylic acid groups (broad SMARTS) is 1. The molecule has 0 bridgehead atoms. The summed E-state index contributed by atoms with van der Waals surface area (Å²) in [7, 11) is 0. The van der Waals surface area contributed by atoms with Crippen LogP contribution in [0.2, 0.25) is 0 Å². The second-order valence-electron chi connectivity index (χ2n) is 8.20. The highest BCUT2D eigenvalue weighted by Gasteiger charge is 2.31. The van der Waals surface area contributed by atoms with Gasteiger partial charge in [0, 0.05) is 12.6 Å². The Labute approximate surface area is 167 Å². The first kappa shape index (κ1) is 21.6. The van der Waals surface area contributed by atoms with Crippen LogP contribution < -0.4 is 0 Å². The van der Waals surface area contributed by atoms with Crippen molar-refractivity contribution < 1.29 is 9.90 Å². The van der Waals surface area contributed by atoms with Gasteiger partial charge in [0.05, 0.1) is 0 Å². The zero-order chi connectivity index (χ0) is 20.7. The van der Waals surface area contributed by atoms with Crippen molar-refractivity contribution in [3.05, 3.63) is 71.4 Å². The molecule has 1 N–H and O–H groups in total. The number of allylic oxidation sites excluding steroid dienone is 9. The first-order valence-corrected chi connectivity index (χ1v) is 9.67. The van der Waals surface area contributed by atoms with E-state index in [-0.39, 0.29) is 5.41 Å². The molecule has 0 radical (unpaired) electrons. The van der Waals surface area contributed by atoms with Crippen LogP contribution in [-0.2, 0) is 11.3 Å². The van der Waals surface area contributed by atoms with Crippen molar-refractivity contribution in [2.45, 2.75) is 54.0 Å². The van der Waals surface area contributed by atoms with Gasteiger partial charge in [-0.25, -0.2) is 4.79 Å². The van der Waals surface area contributed by atoms with Gasteiger partial charge in [-0.1, -0.05) is 55.4 Å². The number of rotatable bonds is 7. The van der Waals surface area contributed by atoms with Gasteiger partial charge in [-0.3, -0.25) is 0 Å². The Kier molecular flexibility index (Phi) is 7.32. The molecule has 1 unspecified atom stereocenters. The zero-order valence-electron chi connectivity index (χ0n) is 17.5. The zero-order valence-corrected chi connectivity index (χ0v) is 17.5. The van der Waals surface area contributed by atoms with E-state index < -0.39 is 5.97 Å². The number of carbonyl (C=O) groups is 1. The Morgan fingerprint density at radius 3 is 2.57 bits per heavy atom. The van der Waals surface area contributed by atoms with Crippen LogP contribution in [0.3, 0.4) is 0 Å². The van der Waals surface area contributed by atoms with Gasteiger partial charge in [0.1, 0.15) is 12.7 Å². The van der Waals surface area contributed by atoms with Gasteiger partial charge in [0.15, 0.2) is 0 Å². The van der Waals surface area contributed by atoms with E-state index in [0.717, 1.165) is 18.5 Å². The summed E-state index contributed by atoms with van der Waals surface area (Å²) >= 11 is 0. The molecule has 1 atom stereocenters. The summed E-state index contributed by atoms with van der Waals surface area (Å²) < 4.78 is 2.05. The molecule has 150 valence electrons. The summed E-state index contributed by atoms with van der Waals surface area (Å²) in [6, 6.07) is 0. The number of carboxylic acids is 1.